The van der Waals surface area contributed by atoms with Crippen molar-refractivity contribution in [2.24, 2.45) is 0 Å². The van der Waals surface area contributed by atoms with Gasteiger partial charge in [0.25, 0.3) is 0 Å². The SMILES string of the molecule is O=C(CN1CC[C@@H](c2ccccc2)C1)NCc1cc(-c2cccnc2)no1. The van der Waals surface area contributed by atoms with E-state index in [-0.39, 0.29) is 5.91 Å². The lowest BCUT2D eigenvalue weighted by molar-refractivity contribution is -0.122. The largest absolute Gasteiger partial charge is 0.359 e. The first-order valence-electron chi connectivity index (χ1n) is 9.18. The predicted octanol–water partition coefficient (Wildman–Crippen LogP) is 2.84. The Morgan fingerprint density at radius 2 is 2.11 bits per heavy atom. The molecule has 0 unspecified atom stereocenters. The van der Waals surface area contributed by atoms with Gasteiger partial charge in [-0.2, -0.15) is 0 Å². The summed E-state index contributed by atoms with van der Waals surface area (Å²) in [6.07, 6.45) is 4.54. The van der Waals surface area contributed by atoms with Gasteiger partial charge in [-0.1, -0.05) is 35.5 Å². The van der Waals surface area contributed by atoms with E-state index in [1.807, 2.05) is 24.3 Å². The molecule has 0 spiro atoms. The van der Waals surface area contributed by atoms with Crippen LogP contribution < -0.4 is 5.32 Å². The van der Waals surface area contributed by atoms with Crippen LogP contribution in [0.25, 0.3) is 11.3 Å². The van der Waals surface area contributed by atoms with Gasteiger partial charge in [0.05, 0.1) is 13.1 Å². The van der Waals surface area contributed by atoms with Crippen LogP contribution in [0.2, 0.25) is 0 Å². The molecule has 1 fully saturated rings. The maximum absolute atomic E-state index is 12.3. The lowest BCUT2D eigenvalue weighted by atomic mass is 9.99. The van der Waals surface area contributed by atoms with Gasteiger partial charge in [0, 0.05) is 30.6 Å². The van der Waals surface area contributed by atoms with Crippen LogP contribution in [0.5, 0.6) is 0 Å². The lowest BCUT2D eigenvalue weighted by Gasteiger charge is -2.15. The number of rotatable bonds is 6. The van der Waals surface area contributed by atoms with E-state index in [1.165, 1.54) is 5.56 Å². The van der Waals surface area contributed by atoms with E-state index < -0.39 is 0 Å². The standard InChI is InChI=1S/C21H22N4O2/c26-21(15-25-10-8-18(14-25)16-5-2-1-3-6-16)23-13-19-11-20(24-27-19)17-7-4-9-22-12-17/h1-7,9,11-12,18H,8,10,13-15H2,(H,23,26)/t18-/m1/s1. The zero-order chi connectivity index (χ0) is 18.5. The molecule has 6 nitrogen and oxygen atoms in total. The maximum Gasteiger partial charge on any atom is 0.234 e. The van der Waals surface area contributed by atoms with Crippen molar-refractivity contribution in [2.45, 2.75) is 18.9 Å². The van der Waals surface area contributed by atoms with Gasteiger partial charge in [0.2, 0.25) is 5.91 Å². The number of benzene rings is 1. The Morgan fingerprint density at radius 1 is 1.22 bits per heavy atom. The van der Waals surface area contributed by atoms with Gasteiger partial charge >= 0.3 is 0 Å². The summed E-state index contributed by atoms with van der Waals surface area (Å²) in [5, 5.41) is 6.95. The second-order valence-electron chi connectivity index (χ2n) is 6.83. The molecule has 1 saturated heterocycles. The van der Waals surface area contributed by atoms with Gasteiger partial charge in [-0.05, 0) is 36.6 Å². The zero-order valence-corrected chi connectivity index (χ0v) is 15.0. The van der Waals surface area contributed by atoms with Crippen LogP contribution in [0.4, 0.5) is 0 Å². The summed E-state index contributed by atoms with van der Waals surface area (Å²) < 4.78 is 5.31. The second kappa shape index (κ2) is 8.14. The maximum atomic E-state index is 12.3. The van der Waals surface area contributed by atoms with Crippen LogP contribution in [-0.4, -0.2) is 40.6 Å². The van der Waals surface area contributed by atoms with Crippen molar-refractivity contribution in [1.29, 1.82) is 0 Å². The number of carbonyl (C=O) groups is 1. The van der Waals surface area contributed by atoms with Gasteiger partial charge in [-0.25, -0.2) is 0 Å². The topological polar surface area (TPSA) is 71.3 Å². The number of nitrogens with one attached hydrogen (secondary N) is 1. The Hall–Kier alpha value is -2.99. The molecule has 0 radical (unpaired) electrons. The Bertz CT molecular complexity index is 879. The van der Waals surface area contributed by atoms with Crippen molar-refractivity contribution in [2.75, 3.05) is 19.6 Å². The molecule has 138 valence electrons. The van der Waals surface area contributed by atoms with Crippen LogP contribution >= 0.6 is 0 Å². The normalized spacial score (nSPS) is 17.1. The minimum atomic E-state index is 0.00281. The molecule has 0 aliphatic carbocycles. The van der Waals surface area contributed by atoms with E-state index in [2.05, 4.69) is 44.6 Å². The van der Waals surface area contributed by atoms with E-state index in [4.69, 9.17) is 4.52 Å². The number of aromatic nitrogens is 2. The van der Waals surface area contributed by atoms with E-state index in [0.717, 1.165) is 30.8 Å². The highest BCUT2D eigenvalue weighted by Crippen LogP contribution is 2.26. The Kier molecular flexibility index (Phi) is 5.25. The van der Waals surface area contributed by atoms with Crippen LogP contribution in [0.15, 0.2) is 65.4 Å². The zero-order valence-electron chi connectivity index (χ0n) is 15.0. The number of carbonyl (C=O) groups excluding carboxylic acids is 1. The molecule has 1 atom stereocenters. The Labute approximate surface area is 158 Å². The molecule has 0 bridgehead atoms. The molecule has 2 aromatic heterocycles. The highest BCUT2D eigenvalue weighted by molar-refractivity contribution is 5.78. The number of hydrogen-bond donors (Lipinski definition) is 1. The summed E-state index contributed by atoms with van der Waals surface area (Å²) in [7, 11) is 0. The molecule has 3 heterocycles. The minimum Gasteiger partial charge on any atom is -0.359 e. The van der Waals surface area contributed by atoms with Crippen LogP contribution in [0, 0.1) is 0 Å². The van der Waals surface area contributed by atoms with E-state index in [0.29, 0.717) is 24.8 Å². The first kappa shape index (κ1) is 17.4. The average Bonchev–Trinajstić information content (AvgIpc) is 3.37. The quantitative estimate of drug-likeness (QED) is 0.730. The third-order valence-electron chi connectivity index (χ3n) is 4.89. The predicted molar refractivity (Wildman–Crippen MR) is 102 cm³/mol. The van der Waals surface area contributed by atoms with E-state index in [1.54, 1.807) is 12.4 Å². The third kappa shape index (κ3) is 4.41. The number of hydrogen-bond acceptors (Lipinski definition) is 5. The summed E-state index contributed by atoms with van der Waals surface area (Å²) in [6.45, 7) is 2.61. The van der Waals surface area contributed by atoms with Gasteiger partial charge < -0.3 is 9.84 Å². The van der Waals surface area contributed by atoms with Crippen molar-refractivity contribution in [3.63, 3.8) is 0 Å². The summed E-state index contributed by atoms with van der Waals surface area (Å²) in [5.41, 5.74) is 2.96. The highest BCUT2D eigenvalue weighted by Gasteiger charge is 2.25. The Balaban J connectivity index is 1.25. The van der Waals surface area contributed by atoms with Crippen molar-refractivity contribution in [3.05, 3.63) is 72.2 Å². The van der Waals surface area contributed by atoms with Crippen LogP contribution in [0.3, 0.4) is 0 Å². The van der Waals surface area contributed by atoms with E-state index in [9.17, 15) is 4.79 Å². The van der Waals surface area contributed by atoms with E-state index >= 15 is 0 Å². The summed E-state index contributed by atoms with van der Waals surface area (Å²) in [5.74, 6) is 1.14. The first-order chi connectivity index (χ1) is 13.3. The van der Waals surface area contributed by atoms with Crippen molar-refractivity contribution >= 4 is 5.91 Å². The molecular formula is C21H22N4O2. The molecule has 27 heavy (non-hydrogen) atoms. The molecule has 1 amide bonds. The molecule has 1 aliphatic heterocycles. The van der Waals surface area contributed by atoms with Crippen LogP contribution in [0.1, 0.15) is 23.7 Å². The second-order valence-corrected chi connectivity index (χ2v) is 6.83. The molecule has 4 rings (SSSR count). The molecule has 1 aromatic carbocycles. The monoisotopic (exact) mass is 362 g/mol. The molecule has 3 aromatic rings. The summed E-state index contributed by atoms with van der Waals surface area (Å²) >= 11 is 0. The summed E-state index contributed by atoms with van der Waals surface area (Å²) in [6, 6.07) is 16.1. The number of likely N-dealkylation sites (tertiary alicyclic amines) is 1. The molecule has 6 heteroatoms. The fraction of sp³-hybridized carbons (Fsp3) is 0.286. The van der Waals surface area contributed by atoms with Crippen LogP contribution in [-0.2, 0) is 11.3 Å². The number of nitrogens with zero attached hydrogens (tertiary/aromatic N) is 3. The first-order valence-corrected chi connectivity index (χ1v) is 9.18. The Morgan fingerprint density at radius 3 is 2.93 bits per heavy atom. The minimum absolute atomic E-state index is 0.00281. The van der Waals surface area contributed by atoms with Gasteiger partial charge in [0.1, 0.15) is 5.69 Å². The average molecular weight is 362 g/mol. The molecular weight excluding hydrogens is 340 g/mol. The number of amides is 1. The fourth-order valence-corrected chi connectivity index (χ4v) is 3.46. The van der Waals surface area contributed by atoms with Gasteiger partial charge in [0.15, 0.2) is 5.76 Å². The fourth-order valence-electron chi connectivity index (χ4n) is 3.46. The van der Waals surface area contributed by atoms with Crippen molar-refractivity contribution < 1.29 is 9.32 Å². The highest BCUT2D eigenvalue weighted by atomic mass is 16.5. The number of pyridine rings is 1. The van der Waals surface area contributed by atoms with Crippen molar-refractivity contribution in [1.82, 2.24) is 20.4 Å². The van der Waals surface area contributed by atoms with Crippen molar-refractivity contribution in [3.8, 4) is 11.3 Å². The third-order valence-corrected chi connectivity index (χ3v) is 4.89. The van der Waals surface area contributed by atoms with Gasteiger partial charge in [-0.3, -0.25) is 14.7 Å². The lowest BCUT2D eigenvalue weighted by Crippen LogP contribution is -2.35. The molecule has 1 aliphatic rings. The molecule has 0 saturated carbocycles. The molecule has 1 N–H and O–H groups in total. The smallest absolute Gasteiger partial charge is 0.234 e. The summed E-state index contributed by atoms with van der Waals surface area (Å²) in [4.78, 5) is 18.5. The van der Waals surface area contributed by atoms with Gasteiger partial charge in [-0.15, -0.1) is 0 Å².